The largest absolute Gasteiger partial charge is 0.382 e. The summed E-state index contributed by atoms with van der Waals surface area (Å²) >= 11 is 0. The van der Waals surface area contributed by atoms with Crippen molar-refractivity contribution in [2.45, 2.75) is 38.3 Å². The van der Waals surface area contributed by atoms with Gasteiger partial charge >= 0.3 is 0 Å². The summed E-state index contributed by atoms with van der Waals surface area (Å²) in [6.07, 6.45) is 3.71. The van der Waals surface area contributed by atoms with Crippen LogP contribution in [0.25, 0.3) is 0 Å². The molecule has 2 saturated heterocycles. The molecular formula is C14H22N6. The van der Waals surface area contributed by atoms with Crippen LogP contribution in [0.1, 0.15) is 30.7 Å². The molecule has 2 atom stereocenters. The Bertz CT molecular complexity index is 528. The molecule has 2 aliphatic rings. The number of nitrogen functional groups attached to an aromatic ring is 1. The summed E-state index contributed by atoms with van der Waals surface area (Å²) in [5.74, 6) is 0.723. The number of amidine groups is 1. The Balaban J connectivity index is 1.87. The summed E-state index contributed by atoms with van der Waals surface area (Å²) < 4.78 is 0. The van der Waals surface area contributed by atoms with Gasteiger partial charge in [-0.1, -0.05) is 0 Å². The fourth-order valence-corrected chi connectivity index (χ4v) is 3.32. The third-order valence-corrected chi connectivity index (χ3v) is 4.55. The van der Waals surface area contributed by atoms with E-state index in [1.165, 1.54) is 12.8 Å². The highest BCUT2D eigenvalue weighted by molar-refractivity contribution is 5.93. The molecule has 1 aromatic heterocycles. The molecule has 2 fully saturated rings. The molecule has 0 saturated carbocycles. The minimum absolute atomic E-state index is 0.00482. The van der Waals surface area contributed by atoms with Gasteiger partial charge in [0, 0.05) is 30.9 Å². The van der Waals surface area contributed by atoms with E-state index in [0.717, 1.165) is 31.2 Å². The Kier molecular flexibility index (Phi) is 3.33. The summed E-state index contributed by atoms with van der Waals surface area (Å²) in [4.78, 5) is 13.7. The highest BCUT2D eigenvalue weighted by Gasteiger charge is 2.35. The lowest BCUT2D eigenvalue weighted by Gasteiger charge is -2.26. The smallest absolute Gasteiger partial charge is 0.226 e. The molecular weight excluding hydrogens is 252 g/mol. The Labute approximate surface area is 119 Å². The lowest BCUT2D eigenvalue weighted by Crippen LogP contribution is -2.37. The van der Waals surface area contributed by atoms with Gasteiger partial charge in [0.1, 0.15) is 11.5 Å². The maximum Gasteiger partial charge on any atom is 0.226 e. The monoisotopic (exact) mass is 274 g/mol. The van der Waals surface area contributed by atoms with Crippen LogP contribution in [-0.4, -0.2) is 52.9 Å². The van der Waals surface area contributed by atoms with Crippen LogP contribution in [0, 0.1) is 12.3 Å². The van der Waals surface area contributed by atoms with E-state index in [1.54, 1.807) is 6.07 Å². The van der Waals surface area contributed by atoms with Gasteiger partial charge in [-0.2, -0.15) is 0 Å². The summed E-state index contributed by atoms with van der Waals surface area (Å²) in [6, 6.07) is 3.05. The number of nitrogens with zero attached hydrogens (tertiary/aromatic N) is 4. The minimum atomic E-state index is 0.00482. The minimum Gasteiger partial charge on any atom is -0.382 e. The fourth-order valence-electron chi connectivity index (χ4n) is 3.32. The molecule has 0 aliphatic carbocycles. The zero-order valence-electron chi connectivity index (χ0n) is 12.1. The van der Waals surface area contributed by atoms with E-state index in [-0.39, 0.29) is 5.84 Å². The van der Waals surface area contributed by atoms with Crippen molar-refractivity contribution < 1.29 is 0 Å². The number of hydrogen-bond donors (Lipinski definition) is 2. The third kappa shape index (κ3) is 2.35. The van der Waals surface area contributed by atoms with Gasteiger partial charge in [-0.25, -0.2) is 9.97 Å². The van der Waals surface area contributed by atoms with Crippen LogP contribution < -0.4 is 10.6 Å². The zero-order chi connectivity index (χ0) is 14.3. The van der Waals surface area contributed by atoms with E-state index in [0.29, 0.717) is 17.8 Å². The summed E-state index contributed by atoms with van der Waals surface area (Å²) in [6.45, 7) is 3.87. The van der Waals surface area contributed by atoms with Crippen molar-refractivity contribution in [3.05, 3.63) is 17.5 Å². The quantitative estimate of drug-likeness (QED) is 0.614. The van der Waals surface area contributed by atoms with Gasteiger partial charge in [0.05, 0.1) is 0 Å². The first-order valence-corrected chi connectivity index (χ1v) is 7.21. The Morgan fingerprint density at radius 3 is 2.80 bits per heavy atom. The predicted octanol–water partition coefficient (Wildman–Crippen LogP) is 0.742. The first-order valence-electron chi connectivity index (χ1n) is 7.21. The molecule has 6 nitrogen and oxygen atoms in total. The Morgan fingerprint density at radius 1 is 1.30 bits per heavy atom. The maximum absolute atomic E-state index is 7.56. The summed E-state index contributed by atoms with van der Waals surface area (Å²) in [5.41, 5.74) is 6.95. The number of hydrogen-bond acceptors (Lipinski definition) is 5. The molecule has 3 rings (SSSR count). The number of fused-ring (bicyclic) bond motifs is 2. The SMILES string of the molecule is Cc1cc(C(=N)N)nc(N2CCC3CCC(C2)N3C)n1. The van der Waals surface area contributed by atoms with Crippen molar-refractivity contribution in [3.63, 3.8) is 0 Å². The van der Waals surface area contributed by atoms with Crippen LogP contribution in [0.5, 0.6) is 0 Å². The zero-order valence-corrected chi connectivity index (χ0v) is 12.1. The topological polar surface area (TPSA) is 82.1 Å². The molecule has 108 valence electrons. The molecule has 2 unspecified atom stereocenters. The lowest BCUT2D eigenvalue weighted by atomic mass is 10.1. The van der Waals surface area contributed by atoms with Crippen molar-refractivity contribution in [1.82, 2.24) is 14.9 Å². The first-order chi connectivity index (χ1) is 9.54. The van der Waals surface area contributed by atoms with Crippen molar-refractivity contribution in [2.24, 2.45) is 5.73 Å². The van der Waals surface area contributed by atoms with Crippen LogP contribution >= 0.6 is 0 Å². The highest BCUT2D eigenvalue weighted by atomic mass is 15.3. The molecule has 2 bridgehead atoms. The van der Waals surface area contributed by atoms with Crippen LogP contribution in [0.4, 0.5) is 5.95 Å². The van der Waals surface area contributed by atoms with E-state index in [1.807, 2.05) is 6.92 Å². The first kappa shape index (κ1) is 13.3. The standard InChI is InChI=1S/C14H22N6/c1-9-7-12(13(15)16)18-14(17-9)20-6-5-10-3-4-11(8-20)19(10)2/h7,10-11H,3-6,8H2,1-2H3,(H3,15,16). The highest BCUT2D eigenvalue weighted by Crippen LogP contribution is 2.29. The van der Waals surface area contributed by atoms with E-state index in [4.69, 9.17) is 11.1 Å². The van der Waals surface area contributed by atoms with E-state index in [9.17, 15) is 0 Å². The number of anilines is 1. The average Bonchev–Trinajstić information content (AvgIpc) is 2.62. The van der Waals surface area contributed by atoms with E-state index >= 15 is 0 Å². The molecule has 0 aromatic carbocycles. The molecule has 0 radical (unpaired) electrons. The van der Waals surface area contributed by atoms with E-state index < -0.39 is 0 Å². The van der Waals surface area contributed by atoms with Crippen molar-refractivity contribution >= 4 is 11.8 Å². The van der Waals surface area contributed by atoms with Crippen molar-refractivity contribution in [3.8, 4) is 0 Å². The fraction of sp³-hybridized carbons (Fsp3) is 0.643. The second kappa shape index (κ2) is 5.01. The predicted molar refractivity (Wildman–Crippen MR) is 79.2 cm³/mol. The molecule has 2 aliphatic heterocycles. The Hall–Kier alpha value is -1.69. The van der Waals surface area contributed by atoms with Crippen LogP contribution in [0.15, 0.2) is 6.07 Å². The molecule has 20 heavy (non-hydrogen) atoms. The second-order valence-electron chi connectivity index (χ2n) is 5.89. The van der Waals surface area contributed by atoms with Crippen molar-refractivity contribution in [2.75, 3.05) is 25.0 Å². The Morgan fingerprint density at radius 2 is 2.05 bits per heavy atom. The number of nitrogens with one attached hydrogen (secondary N) is 1. The van der Waals surface area contributed by atoms with Crippen LogP contribution in [0.3, 0.4) is 0 Å². The van der Waals surface area contributed by atoms with Gasteiger partial charge in [0.25, 0.3) is 0 Å². The molecule has 6 heteroatoms. The number of nitrogens with two attached hydrogens (primary N) is 1. The number of rotatable bonds is 2. The second-order valence-corrected chi connectivity index (χ2v) is 5.89. The summed E-state index contributed by atoms with van der Waals surface area (Å²) in [7, 11) is 2.23. The maximum atomic E-state index is 7.56. The van der Waals surface area contributed by atoms with Gasteiger partial charge in [0.2, 0.25) is 5.95 Å². The lowest BCUT2D eigenvalue weighted by molar-refractivity contribution is 0.254. The van der Waals surface area contributed by atoms with Gasteiger partial charge in [-0.3, -0.25) is 10.3 Å². The molecule has 3 heterocycles. The molecule has 3 N–H and O–H groups in total. The van der Waals surface area contributed by atoms with Gasteiger partial charge in [0.15, 0.2) is 0 Å². The molecule has 0 amide bonds. The van der Waals surface area contributed by atoms with Gasteiger partial charge in [-0.05, 0) is 39.3 Å². The van der Waals surface area contributed by atoms with E-state index in [2.05, 4.69) is 26.8 Å². The molecule has 0 spiro atoms. The number of aryl methyl sites for hydroxylation is 1. The normalized spacial score (nSPS) is 26.6. The molecule has 1 aromatic rings. The number of aromatic nitrogens is 2. The number of likely N-dealkylation sites (N-methyl/N-ethyl adjacent to an activating group) is 1. The van der Waals surface area contributed by atoms with Gasteiger partial charge < -0.3 is 10.6 Å². The van der Waals surface area contributed by atoms with Crippen molar-refractivity contribution in [1.29, 1.82) is 5.41 Å². The summed E-state index contributed by atoms with van der Waals surface area (Å²) in [5, 5.41) is 7.56. The average molecular weight is 274 g/mol. The third-order valence-electron chi connectivity index (χ3n) is 4.55. The van der Waals surface area contributed by atoms with Crippen LogP contribution in [0.2, 0.25) is 0 Å². The van der Waals surface area contributed by atoms with Gasteiger partial charge in [-0.15, -0.1) is 0 Å². The van der Waals surface area contributed by atoms with Crippen LogP contribution in [-0.2, 0) is 0 Å².